The quantitative estimate of drug-likeness (QED) is 0.368. The first-order valence-corrected chi connectivity index (χ1v) is 6.61. The van der Waals surface area contributed by atoms with E-state index in [4.69, 9.17) is 15.7 Å². The van der Waals surface area contributed by atoms with Gasteiger partial charge in [0.1, 0.15) is 0 Å². The minimum atomic E-state index is -0.117. The van der Waals surface area contributed by atoms with E-state index in [1.165, 1.54) is 0 Å². The molecule has 1 aromatic carbocycles. The Bertz CT molecular complexity index is 528. The number of hydrogen-bond donors (Lipinski definition) is 2. The number of oxime groups is 1. The fourth-order valence-corrected chi connectivity index (χ4v) is 2.24. The van der Waals surface area contributed by atoms with Gasteiger partial charge in [-0.05, 0) is 29.7 Å². The summed E-state index contributed by atoms with van der Waals surface area (Å²) in [6.45, 7) is 3.81. The van der Waals surface area contributed by atoms with Crippen molar-refractivity contribution in [2.24, 2.45) is 10.9 Å². The molecule has 6 nitrogen and oxygen atoms in total. The van der Waals surface area contributed by atoms with Gasteiger partial charge in [-0.3, -0.25) is 4.79 Å². The minimum absolute atomic E-state index is 0.0243. The molecule has 1 amide bonds. The highest BCUT2D eigenvalue weighted by atomic mass is 16.5. The Morgan fingerprint density at radius 3 is 2.90 bits per heavy atom. The first kappa shape index (κ1) is 14.3. The van der Waals surface area contributed by atoms with Gasteiger partial charge in [0.2, 0.25) is 0 Å². The van der Waals surface area contributed by atoms with Crippen LogP contribution in [0.15, 0.2) is 23.4 Å². The van der Waals surface area contributed by atoms with Gasteiger partial charge in [-0.25, -0.2) is 0 Å². The molecule has 0 radical (unpaired) electrons. The molecule has 1 aliphatic heterocycles. The minimum Gasteiger partial charge on any atom is -0.409 e. The third-order valence-electron chi connectivity index (χ3n) is 3.23. The molecule has 2 rings (SSSR count). The summed E-state index contributed by atoms with van der Waals surface area (Å²) in [5, 5.41) is 11.6. The fraction of sp³-hybridized carbons (Fsp3) is 0.429. The standard InChI is InChI=1S/C14H19N3O3/c1-2-5-17(7-13(15)16-19)14(18)10-3-4-11-8-20-9-12(11)6-10/h3-4,6,19H,2,5,7-9H2,1H3,(H2,15,16). The van der Waals surface area contributed by atoms with Gasteiger partial charge in [-0.15, -0.1) is 0 Å². The Morgan fingerprint density at radius 1 is 1.45 bits per heavy atom. The Labute approximate surface area is 117 Å². The number of ether oxygens (including phenoxy) is 1. The molecule has 0 aromatic heterocycles. The highest BCUT2D eigenvalue weighted by Gasteiger charge is 2.19. The first-order valence-electron chi connectivity index (χ1n) is 6.61. The van der Waals surface area contributed by atoms with Gasteiger partial charge in [0.25, 0.3) is 5.91 Å². The molecule has 1 aliphatic rings. The predicted octanol–water partition coefficient (Wildman–Crippen LogP) is 1.32. The lowest BCUT2D eigenvalue weighted by molar-refractivity contribution is 0.0778. The summed E-state index contributed by atoms with van der Waals surface area (Å²) in [5.41, 5.74) is 8.28. The van der Waals surface area contributed by atoms with Crippen LogP contribution in [-0.4, -0.2) is 34.9 Å². The van der Waals surface area contributed by atoms with Gasteiger partial charge in [0.15, 0.2) is 5.84 Å². The van der Waals surface area contributed by atoms with E-state index in [9.17, 15) is 4.79 Å². The maximum absolute atomic E-state index is 12.5. The Morgan fingerprint density at radius 2 is 2.20 bits per heavy atom. The van der Waals surface area contributed by atoms with Gasteiger partial charge in [0, 0.05) is 12.1 Å². The van der Waals surface area contributed by atoms with Crippen molar-refractivity contribution < 1.29 is 14.7 Å². The van der Waals surface area contributed by atoms with Crippen LogP contribution in [0.2, 0.25) is 0 Å². The summed E-state index contributed by atoms with van der Waals surface area (Å²) in [4.78, 5) is 14.1. The number of amidine groups is 1. The molecule has 0 saturated heterocycles. The monoisotopic (exact) mass is 277 g/mol. The van der Waals surface area contributed by atoms with Crippen LogP contribution in [0.4, 0.5) is 0 Å². The number of rotatable bonds is 5. The van der Waals surface area contributed by atoms with Crippen LogP contribution >= 0.6 is 0 Å². The van der Waals surface area contributed by atoms with Crippen LogP contribution < -0.4 is 5.73 Å². The molecular weight excluding hydrogens is 258 g/mol. The van der Waals surface area contributed by atoms with Crippen molar-refractivity contribution in [2.45, 2.75) is 26.6 Å². The van der Waals surface area contributed by atoms with Crippen molar-refractivity contribution in [1.82, 2.24) is 4.90 Å². The number of nitrogens with two attached hydrogens (primary N) is 1. The smallest absolute Gasteiger partial charge is 0.254 e. The van der Waals surface area contributed by atoms with Crippen LogP contribution in [0.1, 0.15) is 34.8 Å². The number of nitrogens with zero attached hydrogens (tertiary/aromatic N) is 2. The second-order valence-electron chi connectivity index (χ2n) is 4.79. The lowest BCUT2D eigenvalue weighted by Gasteiger charge is -2.21. The SMILES string of the molecule is CCCN(CC(N)=NO)C(=O)c1ccc2c(c1)COC2. The van der Waals surface area contributed by atoms with Gasteiger partial charge in [-0.2, -0.15) is 0 Å². The lowest BCUT2D eigenvalue weighted by atomic mass is 10.1. The van der Waals surface area contributed by atoms with E-state index in [0.717, 1.165) is 17.5 Å². The predicted molar refractivity (Wildman–Crippen MR) is 74.5 cm³/mol. The maximum Gasteiger partial charge on any atom is 0.254 e. The molecule has 0 unspecified atom stereocenters. The number of hydrogen-bond acceptors (Lipinski definition) is 4. The largest absolute Gasteiger partial charge is 0.409 e. The van der Waals surface area contributed by atoms with Gasteiger partial charge < -0.3 is 20.6 Å². The Balaban J connectivity index is 2.18. The molecule has 0 aliphatic carbocycles. The van der Waals surface area contributed by atoms with Crippen molar-refractivity contribution in [3.05, 3.63) is 34.9 Å². The number of carbonyl (C=O) groups excluding carboxylic acids is 1. The van der Waals surface area contributed by atoms with E-state index in [-0.39, 0.29) is 18.3 Å². The molecule has 0 atom stereocenters. The summed E-state index contributed by atoms with van der Waals surface area (Å²) in [7, 11) is 0. The van der Waals surface area contributed by atoms with E-state index in [1.54, 1.807) is 11.0 Å². The van der Waals surface area contributed by atoms with E-state index in [0.29, 0.717) is 25.3 Å². The molecule has 108 valence electrons. The summed E-state index contributed by atoms with van der Waals surface area (Å²) < 4.78 is 5.34. The normalized spacial score (nSPS) is 14.2. The second kappa shape index (κ2) is 6.38. The van der Waals surface area contributed by atoms with Crippen molar-refractivity contribution >= 4 is 11.7 Å². The van der Waals surface area contributed by atoms with E-state index in [1.807, 2.05) is 19.1 Å². The van der Waals surface area contributed by atoms with E-state index in [2.05, 4.69) is 5.16 Å². The fourth-order valence-electron chi connectivity index (χ4n) is 2.24. The number of benzene rings is 1. The molecule has 1 heterocycles. The van der Waals surface area contributed by atoms with Crippen LogP contribution in [0.5, 0.6) is 0 Å². The first-order chi connectivity index (χ1) is 9.65. The van der Waals surface area contributed by atoms with Crippen molar-refractivity contribution in [3.8, 4) is 0 Å². The second-order valence-corrected chi connectivity index (χ2v) is 4.79. The summed E-state index contributed by atoms with van der Waals surface area (Å²) in [6.07, 6.45) is 0.804. The summed E-state index contributed by atoms with van der Waals surface area (Å²) in [5.74, 6) is -0.0931. The topological polar surface area (TPSA) is 88.1 Å². The van der Waals surface area contributed by atoms with Crippen LogP contribution in [0.25, 0.3) is 0 Å². The van der Waals surface area contributed by atoms with Gasteiger partial charge >= 0.3 is 0 Å². The maximum atomic E-state index is 12.5. The van der Waals surface area contributed by atoms with Gasteiger partial charge in [-0.1, -0.05) is 18.1 Å². The average Bonchev–Trinajstić information content (AvgIpc) is 2.93. The number of amides is 1. The molecule has 0 fully saturated rings. The van der Waals surface area contributed by atoms with E-state index >= 15 is 0 Å². The molecule has 0 spiro atoms. The molecule has 6 heteroatoms. The lowest BCUT2D eigenvalue weighted by Crippen LogP contribution is -2.39. The average molecular weight is 277 g/mol. The third kappa shape index (κ3) is 3.08. The van der Waals surface area contributed by atoms with Crippen molar-refractivity contribution in [3.63, 3.8) is 0 Å². The van der Waals surface area contributed by atoms with Crippen molar-refractivity contribution in [2.75, 3.05) is 13.1 Å². The third-order valence-corrected chi connectivity index (χ3v) is 3.23. The summed E-state index contributed by atoms with van der Waals surface area (Å²) in [6, 6.07) is 5.58. The number of fused-ring (bicyclic) bond motifs is 1. The van der Waals surface area contributed by atoms with Crippen LogP contribution in [0.3, 0.4) is 0 Å². The van der Waals surface area contributed by atoms with Crippen LogP contribution in [0, 0.1) is 0 Å². The molecule has 20 heavy (non-hydrogen) atoms. The zero-order valence-corrected chi connectivity index (χ0v) is 11.5. The van der Waals surface area contributed by atoms with Crippen LogP contribution in [-0.2, 0) is 18.0 Å². The molecule has 3 N–H and O–H groups in total. The van der Waals surface area contributed by atoms with Gasteiger partial charge in [0.05, 0.1) is 19.8 Å². The zero-order valence-electron chi connectivity index (χ0n) is 11.5. The van der Waals surface area contributed by atoms with E-state index < -0.39 is 0 Å². The van der Waals surface area contributed by atoms with Crippen molar-refractivity contribution in [1.29, 1.82) is 0 Å². The molecule has 0 saturated carbocycles. The Kier molecular flexibility index (Phi) is 4.57. The molecule has 0 bridgehead atoms. The Hall–Kier alpha value is -2.08. The number of carbonyl (C=O) groups is 1. The highest BCUT2D eigenvalue weighted by Crippen LogP contribution is 2.21. The molecule has 1 aromatic rings. The molecular formula is C14H19N3O3. The zero-order chi connectivity index (χ0) is 14.5. The summed E-state index contributed by atoms with van der Waals surface area (Å²) >= 11 is 0. The highest BCUT2D eigenvalue weighted by molar-refractivity contribution is 5.97.